The summed E-state index contributed by atoms with van der Waals surface area (Å²) in [4.78, 5) is 15.6. The number of carbonyl (C=O) groups is 1. The number of anilines is 1. The summed E-state index contributed by atoms with van der Waals surface area (Å²) >= 11 is 1.40. The molecule has 0 amide bonds. The second-order valence-electron chi connectivity index (χ2n) is 3.94. The number of nitrogens with one attached hydrogen (secondary N) is 1. The van der Waals surface area contributed by atoms with E-state index in [0.717, 1.165) is 17.9 Å². The van der Waals surface area contributed by atoms with Crippen LogP contribution >= 0.6 is 11.8 Å². The van der Waals surface area contributed by atoms with Crippen molar-refractivity contribution in [1.29, 1.82) is 0 Å². The van der Waals surface area contributed by atoms with Crippen molar-refractivity contribution in [3.05, 3.63) is 24.3 Å². The van der Waals surface area contributed by atoms with Crippen LogP contribution in [-0.4, -0.2) is 37.2 Å². The van der Waals surface area contributed by atoms with Crippen LogP contribution in [0, 0.1) is 0 Å². The predicted octanol–water partition coefficient (Wildman–Crippen LogP) is 2.14. The Labute approximate surface area is 116 Å². The maximum Gasteiger partial charge on any atom is 0.319 e. The highest BCUT2D eigenvalue weighted by atomic mass is 32.2. The van der Waals surface area contributed by atoms with Crippen molar-refractivity contribution in [3.63, 3.8) is 0 Å². The molecule has 1 aromatic rings. The van der Waals surface area contributed by atoms with Gasteiger partial charge < -0.3 is 14.8 Å². The lowest BCUT2D eigenvalue weighted by molar-refractivity contribution is -0.137. The van der Waals surface area contributed by atoms with Crippen molar-refractivity contribution < 1.29 is 14.3 Å². The lowest BCUT2D eigenvalue weighted by Gasteiger charge is -2.11. The molecule has 1 atom stereocenters. The number of carbonyl (C=O) groups excluding carboxylic acids is 1. The zero-order valence-corrected chi connectivity index (χ0v) is 11.7. The molecule has 0 aliphatic carbocycles. The summed E-state index contributed by atoms with van der Waals surface area (Å²) in [6, 6.07) is 7.53. The molecule has 1 unspecified atom stereocenters. The molecule has 5 nitrogen and oxygen atoms in total. The minimum Gasteiger partial charge on any atom is -0.497 e. The molecule has 0 saturated carbocycles. The van der Waals surface area contributed by atoms with E-state index in [-0.39, 0.29) is 11.2 Å². The number of esters is 1. The van der Waals surface area contributed by atoms with Gasteiger partial charge in [0.2, 0.25) is 0 Å². The molecule has 0 bridgehead atoms. The largest absolute Gasteiger partial charge is 0.497 e. The molecule has 2 rings (SSSR count). The van der Waals surface area contributed by atoms with Gasteiger partial charge in [0.1, 0.15) is 11.0 Å². The van der Waals surface area contributed by atoms with Crippen LogP contribution in [0.1, 0.15) is 6.42 Å². The fourth-order valence-electron chi connectivity index (χ4n) is 1.66. The third-order valence-corrected chi connectivity index (χ3v) is 3.91. The van der Waals surface area contributed by atoms with E-state index in [0.29, 0.717) is 11.8 Å². The van der Waals surface area contributed by atoms with Gasteiger partial charge in [0.15, 0.2) is 5.17 Å². The van der Waals surface area contributed by atoms with E-state index < -0.39 is 0 Å². The van der Waals surface area contributed by atoms with Crippen molar-refractivity contribution in [2.75, 3.05) is 26.1 Å². The SMILES string of the molecule is CN=C(Nc1ccc(OC)cc1)SC1CCOC1=O. The lowest BCUT2D eigenvalue weighted by atomic mass is 10.3. The van der Waals surface area contributed by atoms with Gasteiger partial charge in [0.25, 0.3) is 0 Å². The maximum absolute atomic E-state index is 11.4. The number of nitrogens with zero attached hydrogens (tertiary/aromatic N) is 1. The van der Waals surface area contributed by atoms with Crippen LogP contribution in [0.15, 0.2) is 29.3 Å². The molecule has 6 heteroatoms. The number of amidine groups is 1. The first-order valence-corrected chi connectivity index (χ1v) is 6.82. The molecule has 0 spiro atoms. The highest BCUT2D eigenvalue weighted by Gasteiger charge is 2.28. The van der Waals surface area contributed by atoms with Gasteiger partial charge in [-0.3, -0.25) is 9.79 Å². The number of hydrogen-bond donors (Lipinski definition) is 1. The molecule has 0 aromatic heterocycles. The molecule has 1 aliphatic heterocycles. The molecular formula is C13H16N2O3S. The smallest absolute Gasteiger partial charge is 0.319 e. The van der Waals surface area contributed by atoms with Gasteiger partial charge in [-0.15, -0.1) is 0 Å². The van der Waals surface area contributed by atoms with Gasteiger partial charge in [0, 0.05) is 19.2 Å². The Morgan fingerprint density at radius 1 is 1.47 bits per heavy atom. The van der Waals surface area contributed by atoms with Crippen LogP contribution in [0.25, 0.3) is 0 Å². The quantitative estimate of drug-likeness (QED) is 0.522. The highest BCUT2D eigenvalue weighted by molar-refractivity contribution is 8.15. The van der Waals surface area contributed by atoms with Crippen molar-refractivity contribution in [2.45, 2.75) is 11.7 Å². The van der Waals surface area contributed by atoms with E-state index in [4.69, 9.17) is 9.47 Å². The molecule has 0 radical (unpaired) electrons. The molecule has 1 saturated heterocycles. The summed E-state index contributed by atoms with van der Waals surface area (Å²) in [6.45, 7) is 0.496. The molecule has 1 fully saturated rings. The fraction of sp³-hybridized carbons (Fsp3) is 0.385. The average Bonchev–Trinajstić information content (AvgIpc) is 2.84. The van der Waals surface area contributed by atoms with Crippen molar-refractivity contribution in [1.82, 2.24) is 0 Å². The maximum atomic E-state index is 11.4. The Morgan fingerprint density at radius 3 is 2.74 bits per heavy atom. The van der Waals surface area contributed by atoms with Crippen molar-refractivity contribution >= 4 is 28.6 Å². The molecule has 102 valence electrons. The third-order valence-electron chi connectivity index (χ3n) is 2.69. The van der Waals surface area contributed by atoms with E-state index in [9.17, 15) is 4.79 Å². The number of cyclic esters (lactones) is 1. The fourth-order valence-corrected chi connectivity index (χ4v) is 2.59. The van der Waals surface area contributed by atoms with Gasteiger partial charge in [-0.2, -0.15) is 0 Å². The number of ether oxygens (including phenoxy) is 2. The standard InChI is InChI=1S/C13H16N2O3S/c1-14-13(19-11-7-8-18-12(11)16)15-9-3-5-10(17-2)6-4-9/h3-6,11H,7-8H2,1-2H3,(H,14,15). The van der Waals surface area contributed by atoms with Gasteiger partial charge in [-0.25, -0.2) is 0 Å². The van der Waals surface area contributed by atoms with E-state index in [1.54, 1.807) is 14.2 Å². The summed E-state index contributed by atoms with van der Waals surface area (Å²) in [7, 11) is 3.32. The Morgan fingerprint density at radius 2 is 2.21 bits per heavy atom. The molecule has 1 N–H and O–H groups in total. The summed E-state index contributed by atoms with van der Waals surface area (Å²) in [5.74, 6) is 0.634. The van der Waals surface area contributed by atoms with Crippen LogP contribution in [0.3, 0.4) is 0 Å². The monoisotopic (exact) mass is 280 g/mol. The topological polar surface area (TPSA) is 59.9 Å². The molecule has 1 aliphatic rings. The van der Waals surface area contributed by atoms with Crippen LogP contribution in [0.4, 0.5) is 5.69 Å². The van der Waals surface area contributed by atoms with Crippen LogP contribution < -0.4 is 10.1 Å². The van der Waals surface area contributed by atoms with E-state index in [1.807, 2.05) is 24.3 Å². The summed E-state index contributed by atoms with van der Waals surface area (Å²) in [6.07, 6.45) is 0.729. The predicted molar refractivity (Wildman–Crippen MR) is 76.9 cm³/mol. The van der Waals surface area contributed by atoms with Crippen molar-refractivity contribution in [3.8, 4) is 5.75 Å². The third kappa shape index (κ3) is 3.64. The Kier molecular flexibility index (Phi) is 4.68. The second kappa shape index (κ2) is 6.47. The first-order chi connectivity index (χ1) is 9.22. The summed E-state index contributed by atoms with van der Waals surface area (Å²) in [5, 5.41) is 3.72. The van der Waals surface area contributed by atoms with Gasteiger partial charge >= 0.3 is 5.97 Å². The number of aliphatic imine (C=N–C) groups is 1. The molecule has 1 heterocycles. The number of thioether (sulfide) groups is 1. The van der Waals surface area contributed by atoms with Crippen LogP contribution in [0.2, 0.25) is 0 Å². The number of hydrogen-bond acceptors (Lipinski definition) is 5. The summed E-state index contributed by atoms with van der Waals surface area (Å²) < 4.78 is 10.0. The Bertz CT molecular complexity index is 473. The Hall–Kier alpha value is -1.69. The molecule has 19 heavy (non-hydrogen) atoms. The van der Waals surface area contributed by atoms with Gasteiger partial charge in [-0.1, -0.05) is 11.8 Å². The van der Waals surface area contributed by atoms with Crippen LogP contribution in [0.5, 0.6) is 5.75 Å². The molecular weight excluding hydrogens is 264 g/mol. The second-order valence-corrected chi connectivity index (χ2v) is 5.14. The normalized spacial score (nSPS) is 19.2. The first kappa shape index (κ1) is 13.7. The minimum absolute atomic E-state index is 0.163. The zero-order chi connectivity index (χ0) is 13.7. The number of benzene rings is 1. The summed E-state index contributed by atoms with van der Waals surface area (Å²) in [5.41, 5.74) is 0.903. The average molecular weight is 280 g/mol. The first-order valence-electron chi connectivity index (χ1n) is 5.94. The van der Waals surface area contributed by atoms with Gasteiger partial charge in [-0.05, 0) is 24.3 Å². The van der Waals surface area contributed by atoms with Gasteiger partial charge in [0.05, 0.1) is 13.7 Å². The zero-order valence-electron chi connectivity index (χ0n) is 10.9. The Balaban J connectivity index is 1.96. The minimum atomic E-state index is -0.164. The number of rotatable bonds is 3. The van der Waals surface area contributed by atoms with E-state index in [1.165, 1.54) is 11.8 Å². The van der Waals surface area contributed by atoms with E-state index >= 15 is 0 Å². The van der Waals surface area contributed by atoms with Crippen LogP contribution in [-0.2, 0) is 9.53 Å². The number of methoxy groups -OCH3 is 1. The van der Waals surface area contributed by atoms with Crippen molar-refractivity contribution in [2.24, 2.45) is 4.99 Å². The molecule has 1 aromatic carbocycles. The lowest BCUT2D eigenvalue weighted by Crippen LogP contribution is -2.17. The highest BCUT2D eigenvalue weighted by Crippen LogP contribution is 2.24. The van der Waals surface area contributed by atoms with E-state index in [2.05, 4.69) is 10.3 Å².